The molecular formula is C18H19F2N5O4. The van der Waals surface area contributed by atoms with E-state index in [9.17, 15) is 18.7 Å². The van der Waals surface area contributed by atoms with Gasteiger partial charge in [-0.15, -0.1) is 4.99 Å². The molecular weight excluding hydrogens is 388 g/mol. The number of benzene rings is 1. The van der Waals surface area contributed by atoms with Crippen LogP contribution in [0.15, 0.2) is 35.5 Å². The second-order valence-corrected chi connectivity index (χ2v) is 6.41. The summed E-state index contributed by atoms with van der Waals surface area (Å²) in [5.74, 6) is -3.15. The first-order valence-corrected chi connectivity index (χ1v) is 8.44. The van der Waals surface area contributed by atoms with Crippen molar-refractivity contribution in [2.45, 2.75) is 12.4 Å². The lowest BCUT2D eigenvalue weighted by atomic mass is 10.0. The Morgan fingerprint density at radius 1 is 1.38 bits per heavy atom. The van der Waals surface area contributed by atoms with Crippen LogP contribution in [-0.2, 0) is 16.1 Å². The van der Waals surface area contributed by atoms with Crippen molar-refractivity contribution in [3.05, 3.63) is 47.7 Å². The molecule has 0 atom stereocenters. The summed E-state index contributed by atoms with van der Waals surface area (Å²) in [5, 5.41) is 9.86. The number of guanidine groups is 1. The van der Waals surface area contributed by atoms with E-state index in [0.717, 1.165) is 6.07 Å². The van der Waals surface area contributed by atoms with Crippen LogP contribution in [0.1, 0.15) is 5.56 Å². The van der Waals surface area contributed by atoms with Gasteiger partial charge < -0.3 is 30.9 Å². The number of halogens is 2. The number of hydrogen-bond donors (Lipinski definition) is 3. The number of aliphatic hydroxyl groups is 1. The molecule has 1 aromatic heterocycles. The van der Waals surface area contributed by atoms with Crippen molar-refractivity contribution in [1.29, 1.82) is 0 Å². The highest BCUT2D eigenvalue weighted by molar-refractivity contribution is 5.87. The van der Waals surface area contributed by atoms with Crippen LogP contribution in [0.2, 0.25) is 0 Å². The summed E-state index contributed by atoms with van der Waals surface area (Å²) in [6, 6.07) is 5.52. The molecule has 0 bridgehead atoms. The number of pyridine rings is 1. The van der Waals surface area contributed by atoms with Crippen LogP contribution in [0.4, 0.5) is 19.4 Å². The fourth-order valence-corrected chi connectivity index (χ4v) is 2.83. The number of carbonyl (C=O) groups is 1. The molecule has 2 heterocycles. The Bertz CT molecular complexity index is 959. The zero-order chi connectivity index (χ0) is 21.2. The molecule has 1 aromatic carbocycles. The van der Waals surface area contributed by atoms with Crippen LogP contribution in [0.25, 0.3) is 11.1 Å². The van der Waals surface area contributed by atoms with E-state index in [-0.39, 0.29) is 35.6 Å². The van der Waals surface area contributed by atoms with Crippen LogP contribution in [-0.4, -0.2) is 48.1 Å². The smallest absolute Gasteiger partial charge is 0.437 e. The standard InChI is InChI=1S/C18H19F2N5O4/c1-28-18(27)8-25(9-18)15-13(19)5-11(6-23-15)12-4-2-3-10(14(12)20)7-29-17(26)24-16(21)22/h2-6,27H,7-9H2,1H3,(H4,21,22,24,26). The van der Waals surface area contributed by atoms with E-state index in [4.69, 9.17) is 20.9 Å². The summed E-state index contributed by atoms with van der Waals surface area (Å²) >= 11 is 0. The molecule has 1 fully saturated rings. The summed E-state index contributed by atoms with van der Waals surface area (Å²) < 4.78 is 39.0. The highest BCUT2D eigenvalue weighted by atomic mass is 19.1. The van der Waals surface area contributed by atoms with Crippen LogP contribution in [0, 0.1) is 11.6 Å². The minimum absolute atomic E-state index is 0.0261. The van der Waals surface area contributed by atoms with E-state index >= 15 is 0 Å². The van der Waals surface area contributed by atoms with Gasteiger partial charge in [0.05, 0.1) is 13.1 Å². The molecule has 1 amide bonds. The molecule has 5 N–H and O–H groups in total. The van der Waals surface area contributed by atoms with Crippen molar-refractivity contribution in [3.63, 3.8) is 0 Å². The Hall–Kier alpha value is -3.31. The van der Waals surface area contributed by atoms with Gasteiger partial charge in [0.15, 0.2) is 17.6 Å². The van der Waals surface area contributed by atoms with Gasteiger partial charge in [-0.1, -0.05) is 18.2 Å². The number of methoxy groups -OCH3 is 1. The second kappa shape index (κ2) is 7.97. The van der Waals surface area contributed by atoms with E-state index in [1.807, 2.05) is 0 Å². The predicted molar refractivity (Wildman–Crippen MR) is 99.8 cm³/mol. The maximum atomic E-state index is 14.8. The summed E-state index contributed by atoms with van der Waals surface area (Å²) in [4.78, 5) is 20.1. The Labute approximate surface area is 164 Å². The summed E-state index contributed by atoms with van der Waals surface area (Å²) in [6.07, 6.45) is 0.258. The number of β-amino-alcohol motifs (C(OH)–C–C–N with tert-alkyl or cyclic N) is 1. The minimum Gasteiger partial charge on any atom is -0.443 e. The molecule has 0 radical (unpaired) electrons. The molecule has 0 unspecified atom stereocenters. The predicted octanol–water partition coefficient (Wildman–Crippen LogP) is 1.09. The largest absolute Gasteiger partial charge is 0.443 e. The second-order valence-electron chi connectivity index (χ2n) is 6.41. The van der Waals surface area contributed by atoms with E-state index in [2.05, 4.69) is 9.98 Å². The first-order valence-electron chi connectivity index (χ1n) is 8.44. The van der Waals surface area contributed by atoms with Crippen molar-refractivity contribution >= 4 is 17.9 Å². The quantitative estimate of drug-likeness (QED) is 0.381. The third-order valence-electron chi connectivity index (χ3n) is 4.34. The highest BCUT2D eigenvalue weighted by Crippen LogP contribution is 2.32. The van der Waals surface area contributed by atoms with Crippen molar-refractivity contribution < 1.29 is 28.2 Å². The molecule has 29 heavy (non-hydrogen) atoms. The molecule has 9 nitrogen and oxygen atoms in total. The van der Waals surface area contributed by atoms with Gasteiger partial charge in [-0.3, -0.25) is 0 Å². The number of amides is 1. The van der Waals surface area contributed by atoms with Gasteiger partial charge in [0.1, 0.15) is 12.4 Å². The van der Waals surface area contributed by atoms with Crippen LogP contribution in [0.3, 0.4) is 0 Å². The highest BCUT2D eigenvalue weighted by Gasteiger charge is 2.43. The number of nitrogens with zero attached hydrogens (tertiary/aromatic N) is 3. The monoisotopic (exact) mass is 407 g/mol. The van der Waals surface area contributed by atoms with Crippen molar-refractivity contribution in [3.8, 4) is 11.1 Å². The molecule has 2 aromatic rings. The van der Waals surface area contributed by atoms with Gasteiger partial charge in [0.25, 0.3) is 0 Å². The zero-order valence-electron chi connectivity index (χ0n) is 15.4. The molecule has 154 valence electrons. The number of rotatable bonds is 5. The normalized spacial score (nSPS) is 14.8. The van der Waals surface area contributed by atoms with Gasteiger partial charge in [-0.05, 0) is 6.07 Å². The first-order chi connectivity index (χ1) is 13.7. The molecule has 1 aliphatic heterocycles. The topological polar surface area (TPSA) is 136 Å². The van der Waals surface area contributed by atoms with Gasteiger partial charge in [-0.2, -0.15) is 0 Å². The van der Waals surface area contributed by atoms with Gasteiger partial charge in [0, 0.05) is 30.0 Å². The SMILES string of the molecule is COC1(O)CN(c2ncc(-c3cccc(COC(=O)N=C(N)N)c3F)cc2F)C1. The lowest BCUT2D eigenvalue weighted by Crippen LogP contribution is -2.63. The number of aromatic nitrogens is 1. The van der Waals surface area contributed by atoms with Crippen molar-refractivity contribution in [1.82, 2.24) is 4.98 Å². The molecule has 0 aliphatic carbocycles. The average molecular weight is 407 g/mol. The molecule has 1 saturated heterocycles. The van der Waals surface area contributed by atoms with Gasteiger partial charge in [-0.25, -0.2) is 18.6 Å². The van der Waals surface area contributed by atoms with Crippen LogP contribution >= 0.6 is 0 Å². The van der Waals surface area contributed by atoms with Crippen molar-refractivity contribution in [2.75, 3.05) is 25.1 Å². The van der Waals surface area contributed by atoms with Gasteiger partial charge in [0.2, 0.25) is 5.79 Å². The number of nitrogens with two attached hydrogens (primary N) is 2. The molecule has 11 heteroatoms. The number of anilines is 1. The zero-order valence-corrected chi connectivity index (χ0v) is 15.4. The number of hydrogen-bond acceptors (Lipinski definition) is 6. The van der Waals surface area contributed by atoms with Crippen molar-refractivity contribution in [2.24, 2.45) is 16.5 Å². The molecule has 0 saturated carbocycles. The maximum Gasteiger partial charge on any atom is 0.437 e. The number of carbonyl (C=O) groups excluding carboxylic acids is 1. The van der Waals surface area contributed by atoms with Crippen LogP contribution < -0.4 is 16.4 Å². The van der Waals surface area contributed by atoms with Gasteiger partial charge >= 0.3 is 6.09 Å². The molecule has 3 rings (SSSR count). The minimum atomic E-state index is -1.33. The molecule has 0 spiro atoms. The fourth-order valence-electron chi connectivity index (χ4n) is 2.83. The average Bonchev–Trinajstić information content (AvgIpc) is 2.64. The third-order valence-corrected chi connectivity index (χ3v) is 4.34. The Morgan fingerprint density at radius 3 is 2.72 bits per heavy atom. The van der Waals surface area contributed by atoms with E-state index in [0.29, 0.717) is 0 Å². The maximum absolute atomic E-state index is 14.8. The number of aliphatic imine (C=N–C) groups is 1. The first kappa shape index (κ1) is 20.4. The Morgan fingerprint density at radius 2 is 2.10 bits per heavy atom. The lowest BCUT2D eigenvalue weighted by Gasteiger charge is -2.45. The van der Waals surface area contributed by atoms with Crippen LogP contribution in [0.5, 0.6) is 0 Å². The fraction of sp³-hybridized carbons (Fsp3) is 0.278. The third kappa shape index (κ3) is 4.41. The lowest BCUT2D eigenvalue weighted by molar-refractivity contribution is -0.199. The summed E-state index contributed by atoms with van der Waals surface area (Å²) in [6.45, 7) is -0.276. The molecule has 1 aliphatic rings. The summed E-state index contributed by atoms with van der Waals surface area (Å²) in [5.41, 5.74) is 10.5. The Kier molecular flexibility index (Phi) is 5.62. The summed E-state index contributed by atoms with van der Waals surface area (Å²) in [7, 11) is 1.36. The van der Waals surface area contributed by atoms with E-state index in [1.165, 1.54) is 36.4 Å². The Balaban J connectivity index is 1.78. The van der Waals surface area contributed by atoms with E-state index in [1.54, 1.807) is 0 Å². The van der Waals surface area contributed by atoms with E-state index < -0.39 is 36.1 Å². The number of ether oxygens (including phenoxy) is 2.